The van der Waals surface area contributed by atoms with Gasteiger partial charge in [0.25, 0.3) is 0 Å². The zero-order chi connectivity index (χ0) is 13.8. The fourth-order valence-corrected chi connectivity index (χ4v) is 3.06. The van der Waals surface area contributed by atoms with Gasteiger partial charge in [-0.25, -0.2) is 4.98 Å². The van der Waals surface area contributed by atoms with E-state index in [0.717, 1.165) is 22.3 Å². The maximum absolute atomic E-state index is 5.94. The highest BCUT2D eigenvalue weighted by atomic mass is 79.9. The summed E-state index contributed by atoms with van der Waals surface area (Å²) in [4.78, 5) is 5.56. The Kier molecular flexibility index (Phi) is 4.99. The fourth-order valence-electron chi connectivity index (χ4n) is 1.92. The van der Waals surface area contributed by atoms with Crippen LogP contribution in [0.25, 0.3) is 0 Å². The number of thiazole rings is 1. The average Bonchev–Trinajstić information content (AvgIpc) is 2.77. The van der Waals surface area contributed by atoms with Crippen molar-refractivity contribution in [3.05, 3.63) is 44.3 Å². The SMILES string of the molecule is Cc1ncsc1CCOc1ccc(Br)cc1C(C)C. The standard InChI is InChI=1S/C15H18BrNOS/c1-10(2)13-8-12(16)4-5-14(13)18-7-6-15-11(3)17-9-19-15/h4-5,8-10H,6-7H2,1-3H3. The number of halogens is 1. The Morgan fingerprint density at radius 2 is 2.16 bits per heavy atom. The molecule has 4 heteroatoms. The summed E-state index contributed by atoms with van der Waals surface area (Å²) < 4.78 is 7.04. The molecule has 0 amide bonds. The number of aromatic nitrogens is 1. The molecule has 0 spiro atoms. The summed E-state index contributed by atoms with van der Waals surface area (Å²) in [5.74, 6) is 1.44. The van der Waals surface area contributed by atoms with Crippen LogP contribution in [-0.4, -0.2) is 11.6 Å². The topological polar surface area (TPSA) is 22.1 Å². The summed E-state index contributed by atoms with van der Waals surface area (Å²) in [5, 5.41) is 0. The number of hydrogen-bond acceptors (Lipinski definition) is 3. The molecule has 0 saturated carbocycles. The van der Waals surface area contributed by atoms with E-state index in [2.05, 4.69) is 40.8 Å². The van der Waals surface area contributed by atoms with Gasteiger partial charge in [0, 0.05) is 15.8 Å². The van der Waals surface area contributed by atoms with E-state index in [9.17, 15) is 0 Å². The van der Waals surface area contributed by atoms with E-state index in [1.165, 1.54) is 10.4 Å². The lowest BCUT2D eigenvalue weighted by Gasteiger charge is -2.14. The number of rotatable bonds is 5. The fraction of sp³-hybridized carbons (Fsp3) is 0.400. The van der Waals surface area contributed by atoms with Crippen molar-refractivity contribution >= 4 is 27.3 Å². The van der Waals surface area contributed by atoms with Crippen molar-refractivity contribution in [3.63, 3.8) is 0 Å². The number of aryl methyl sites for hydroxylation is 1. The molecule has 1 aromatic heterocycles. The first-order chi connectivity index (χ1) is 9.08. The smallest absolute Gasteiger partial charge is 0.122 e. The number of hydrogen-bond donors (Lipinski definition) is 0. The molecule has 0 saturated heterocycles. The Morgan fingerprint density at radius 1 is 1.37 bits per heavy atom. The average molecular weight is 340 g/mol. The van der Waals surface area contributed by atoms with Crippen molar-refractivity contribution in [2.75, 3.05) is 6.61 Å². The first-order valence-electron chi connectivity index (χ1n) is 6.39. The molecule has 1 aromatic carbocycles. The van der Waals surface area contributed by atoms with Crippen LogP contribution in [0.15, 0.2) is 28.2 Å². The minimum Gasteiger partial charge on any atom is -0.493 e. The van der Waals surface area contributed by atoms with Crippen molar-refractivity contribution in [3.8, 4) is 5.75 Å². The minimum absolute atomic E-state index is 0.456. The van der Waals surface area contributed by atoms with E-state index in [1.54, 1.807) is 11.3 Å². The molecule has 0 aliphatic rings. The van der Waals surface area contributed by atoms with E-state index in [-0.39, 0.29) is 0 Å². The molecule has 0 atom stereocenters. The van der Waals surface area contributed by atoms with E-state index in [0.29, 0.717) is 12.5 Å². The lowest BCUT2D eigenvalue weighted by atomic mass is 10.0. The molecule has 0 aliphatic heterocycles. The van der Waals surface area contributed by atoms with Gasteiger partial charge < -0.3 is 4.74 Å². The van der Waals surface area contributed by atoms with Crippen LogP contribution in [0.2, 0.25) is 0 Å². The van der Waals surface area contributed by atoms with Gasteiger partial charge in [-0.05, 0) is 36.6 Å². The maximum atomic E-state index is 5.94. The number of nitrogens with zero attached hydrogens (tertiary/aromatic N) is 1. The van der Waals surface area contributed by atoms with E-state index >= 15 is 0 Å². The van der Waals surface area contributed by atoms with Gasteiger partial charge in [0.05, 0.1) is 17.8 Å². The molecule has 0 N–H and O–H groups in total. The normalized spacial score (nSPS) is 11.0. The molecule has 2 aromatic rings. The molecule has 0 unspecified atom stereocenters. The summed E-state index contributed by atoms with van der Waals surface area (Å²) in [5.41, 5.74) is 4.26. The summed E-state index contributed by atoms with van der Waals surface area (Å²) in [6, 6.07) is 6.20. The summed E-state index contributed by atoms with van der Waals surface area (Å²) in [7, 11) is 0. The van der Waals surface area contributed by atoms with Gasteiger partial charge in [-0.15, -0.1) is 11.3 Å². The Hall–Kier alpha value is -0.870. The summed E-state index contributed by atoms with van der Waals surface area (Å²) >= 11 is 5.21. The van der Waals surface area contributed by atoms with Gasteiger partial charge in [0.15, 0.2) is 0 Å². The molecular weight excluding hydrogens is 322 g/mol. The van der Waals surface area contributed by atoms with Gasteiger partial charge in [0.1, 0.15) is 5.75 Å². The third kappa shape index (κ3) is 3.80. The molecule has 0 fully saturated rings. The molecule has 0 radical (unpaired) electrons. The van der Waals surface area contributed by atoms with E-state index in [1.807, 2.05) is 24.6 Å². The van der Waals surface area contributed by atoms with Gasteiger partial charge in [-0.1, -0.05) is 29.8 Å². The third-order valence-electron chi connectivity index (χ3n) is 3.03. The Labute approximate surface area is 127 Å². The number of benzene rings is 1. The predicted molar refractivity (Wildman–Crippen MR) is 84.3 cm³/mol. The molecular formula is C15H18BrNOS. The highest BCUT2D eigenvalue weighted by Crippen LogP contribution is 2.29. The summed E-state index contributed by atoms with van der Waals surface area (Å²) in [6.45, 7) is 7.11. The van der Waals surface area contributed by atoms with Crippen molar-refractivity contribution in [1.29, 1.82) is 0 Å². The second kappa shape index (κ2) is 6.53. The van der Waals surface area contributed by atoms with Crippen LogP contribution in [-0.2, 0) is 6.42 Å². The van der Waals surface area contributed by atoms with Crippen molar-refractivity contribution < 1.29 is 4.74 Å². The third-order valence-corrected chi connectivity index (χ3v) is 4.51. The molecule has 2 rings (SSSR count). The van der Waals surface area contributed by atoms with Gasteiger partial charge >= 0.3 is 0 Å². The Morgan fingerprint density at radius 3 is 2.79 bits per heavy atom. The largest absolute Gasteiger partial charge is 0.493 e. The van der Waals surface area contributed by atoms with Crippen molar-refractivity contribution in [2.45, 2.75) is 33.1 Å². The first kappa shape index (κ1) is 14.5. The van der Waals surface area contributed by atoms with Crippen molar-refractivity contribution in [2.24, 2.45) is 0 Å². The van der Waals surface area contributed by atoms with Crippen LogP contribution in [0.1, 0.15) is 35.9 Å². The van der Waals surface area contributed by atoms with Crippen LogP contribution in [0, 0.1) is 6.92 Å². The lowest BCUT2D eigenvalue weighted by molar-refractivity contribution is 0.318. The molecule has 1 heterocycles. The van der Waals surface area contributed by atoms with E-state index < -0.39 is 0 Å². The van der Waals surface area contributed by atoms with Gasteiger partial charge in [-0.2, -0.15) is 0 Å². The Balaban J connectivity index is 2.01. The van der Waals surface area contributed by atoms with Crippen molar-refractivity contribution in [1.82, 2.24) is 4.98 Å². The zero-order valence-electron chi connectivity index (χ0n) is 11.4. The summed E-state index contributed by atoms with van der Waals surface area (Å²) in [6.07, 6.45) is 0.921. The Bertz CT molecular complexity index is 551. The zero-order valence-corrected chi connectivity index (χ0v) is 13.8. The molecule has 2 nitrogen and oxygen atoms in total. The lowest BCUT2D eigenvalue weighted by Crippen LogP contribution is -2.04. The van der Waals surface area contributed by atoms with Crippen LogP contribution >= 0.6 is 27.3 Å². The number of ether oxygens (including phenoxy) is 1. The second-order valence-corrected chi connectivity index (χ2v) is 6.65. The maximum Gasteiger partial charge on any atom is 0.122 e. The van der Waals surface area contributed by atoms with E-state index in [4.69, 9.17) is 4.74 Å². The second-order valence-electron chi connectivity index (χ2n) is 4.80. The minimum atomic E-state index is 0.456. The monoisotopic (exact) mass is 339 g/mol. The van der Waals surface area contributed by atoms with Crippen LogP contribution in [0.4, 0.5) is 0 Å². The van der Waals surface area contributed by atoms with Gasteiger partial charge in [-0.3, -0.25) is 0 Å². The highest BCUT2D eigenvalue weighted by Gasteiger charge is 2.09. The van der Waals surface area contributed by atoms with Crippen LogP contribution in [0.3, 0.4) is 0 Å². The molecule has 19 heavy (non-hydrogen) atoms. The highest BCUT2D eigenvalue weighted by molar-refractivity contribution is 9.10. The first-order valence-corrected chi connectivity index (χ1v) is 8.06. The predicted octanol–water partition coefficient (Wildman–Crippen LogP) is 4.96. The molecule has 0 aliphatic carbocycles. The van der Waals surface area contributed by atoms with Gasteiger partial charge in [0.2, 0.25) is 0 Å². The molecule has 102 valence electrons. The van der Waals surface area contributed by atoms with Crippen LogP contribution < -0.4 is 4.74 Å². The van der Waals surface area contributed by atoms with Crippen LogP contribution in [0.5, 0.6) is 5.75 Å². The molecule has 0 bridgehead atoms. The quantitative estimate of drug-likeness (QED) is 0.768.